The molecule has 7 nitrogen and oxygen atoms in total. The molecule has 132 valence electrons. The summed E-state index contributed by atoms with van der Waals surface area (Å²) in [6.07, 6.45) is -3.77. The van der Waals surface area contributed by atoms with Crippen LogP contribution in [0.4, 0.5) is 13.2 Å². The highest BCUT2D eigenvalue weighted by Gasteiger charge is 2.30. The van der Waals surface area contributed by atoms with E-state index in [1.807, 2.05) is 4.98 Å². The normalized spacial score (nSPS) is 11.7. The van der Waals surface area contributed by atoms with E-state index in [1.54, 1.807) is 0 Å². The zero-order valence-electron chi connectivity index (χ0n) is 12.9. The van der Waals surface area contributed by atoms with E-state index in [0.717, 1.165) is 18.3 Å². The van der Waals surface area contributed by atoms with Gasteiger partial charge in [-0.05, 0) is 24.6 Å². The van der Waals surface area contributed by atoms with Gasteiger partial charge in [-0.15, -0.1) is 0 Å². The number of benzene rings is 1. The minimum atomic E-state index is -4.48. The maximum Gasteiger partial charge on any atom is 0.416 e. The van der Waals surface area contributed by atoms with Crippen LogP contribution in [-0.4, -0.2) is 22.1 Å². The van der Waals surface area contributed by atoms with Crippen LogP contribution in [0.2, 0.25) is 0 Å². The first-order valence-corrected chi connectivity index (χ1v) is 6.98. The largest absolute Gasteiger partial charge is 0.416 e. The van der Waals surface area contributed by atoms with Crippen LogP contribution in [0.15, 0.2) is 39.0 Å². The van der Waals surface area contributed by atoms with Gasteiger partial charge in [0.05, 0.1) is 18.2 Å². The average molecular weight is 354 g/mol. The van der Waals surface area contributed by atoms with E-state index < -0.39 is 28.9 Å². The van der Waals surface area contributed by atoms with E-state index in [4.69, 9.17) is 0 Å². The molecule has 0 spiro atoms. The molecule has 0 saturated heterocycles. The highest BCUT2D eigenvalue weighted by Crippen LogP contribution is 2.29. The number of hydrogen-bond acceptors (Lipinski definition) is 4. The van der Waals surface area contributed by atoms with Gasteiger partial charge in [0.1, 0.15) is 0 Å². The van der Waals surface area contributed by atoms with Crippen LogP contribution in [-0.2, 0) is 17.4 Å². The number of aryl methyl sites for hydroxylation is 1. The molecule has 0 radical (unpaired) electrons. The van der Waals surface area contributed by atoms with Crippen molar-refractivity contribution in [1.29, 1.82) is 0 Å². The van der Waals surface area contributed by atoms with E-state index in [2.05, 4.69) is 15.5 Å². The van der Waals surface area contributed by atoms with E-state index in [1.165, 1.54) is 19.1 Å². The van der Waals surface area contributed by atoms with Gasteiger partial charge in [-0.25, -0.2) is 10.2 Å². The second-order valence-electron chi connectivity index (χ2n) is 5.10. The molecular formula is C15H13F3N4O3. The Balaban J connectivity index is 2.05. The number of carbonyl (C=O) groups is 1. The van der Waals surface area contributed by atoms with Crippen molar-refractivity contribution in [2.45, 2.75) is 19.5 Å². The van der Waals surface area contributed by atoms with Crippen LogP contribution in [0.25, 0.3) is 0 Å². The number of nitrogens with one attached hydrogen (secondary N) is 3. The lowest BCUT2D eigenvalue weighted by atomic mass is 10.1. The molecule has 0 unspecified atom stereocenters. The number of nitrogens with zero attached hydrogens (tertiary/aromatic N) is 1. The summed E-state index contributed by atoms with van der Waals surface area (Å²) in [4.78, 5) is 38.8. The summed E-state index contributed by atoms with van der Waals surface area (Å²) >= 11 is 0. The molecule has 25 heavy (non-hydrogen) atoms. The first kappa shape index (κ1) is 18.2. The molecule has 1 aromatic heterocycles. The summed E-state index contributed by atoms with van der Waals surface area (Å²) in [6, 6.07) is 4.41. The topological polar surface area (TPSA) is 107 Å². The first-order chi connectivity index (χ1) is 11.7. The van der Waals surface area contributed by atoms with Crippen LogP contribution in [0.1, 0.15) is 22.4 Å². The molecule has 2 aromatic rings. The number of rotatable bonds is 4. The second-order valence-corrected chi connectivity index (χ2v) is 5.10. The van der Waals surface area contributed by atoms with Crippen molar-refractivity contribution < 1.29 is 18.0 Å². The smallest absolute Gasteiger partial charge is 0.311 e. The number of alkyl halides is 3. The monoisotopic (exact) mass is 354 g/mol. The molecule has 0 atom stereocenters. The van der Waals surface area contributed by atoms with Crippen LogP contribution < -0.4 is 16.7 Å². The van der Waals surface area contributed by atoms with Gasteiger partial charge in [-0.2, -0.15) is 18.3 Å². The van der Waals surface area contributed by atoms with Gasteiger partial charge in [0.15, 0.2) is 0 Å². The fourth-order valence-corrected chi connectivity index (χ4v) is 2.01. The van der Waals surface area contributed by atoms with Crippen LogP contribution >= 0.6 is 0 Å². The number of aromatic nitrogens is 2. The molecule has 0 saturated carbocycles. The third-order valence-corrected chi connectivity index (χ3v) is 3.21. The van der Waals surface area contributed by atoms with Crippen molar-refractivity contribution in [1.82, 2.24) is 15.4 Å². The molecule has 0 fully saturated rings. The van der Waals surface area contributed by atoms with Crippen molar-refractivity contribution in [2.24, 2.45) is 5.10 Å². The summed E-state index contributed by atoms with van der Waals surface area (Å²) in [7, 11) is 0. The van der Waals surface area contributed by atoms with E-state index in [9.17, 15) is 27.6 Å². The average Bonchev–Trinajstić information content (AvgIpc) is 2.50. The zero-order valence-corrected chi connectivity index (χ0v) is 12.9. The van der Waals surface area contributed by atoms with Crippen LogP contribution in [0, 0.1) is 6.92 Å². The van der Waals surface area contributed by atoms with Crippen LogP contribution in [0.3, 0.4) is 0 Å². The van der Waals surface area contributed by atoms with Gasteiger partial charge in [0.25, 0.3) is 5.56 Å². The molecule has 0 aliphatic carbocycles. The Hall–Kier alpha value is -3.17. The van der Waals surface area contributed by atoms with E-state index >= 15 is 0 Å². The van der Waals surface area contributed by atoms with Gasteiger partial charge < -0.3 is 4.98 Å². The third-order valence-electron chi connectivity index (χ3n) is 3.21. The molecule has 0 aliphatic heterocycles. The fourth-order valence-electron chi connectivity index (χ4n) is 2.01. The first-order valence-electron chi connectivity index (χ1n) is 6.98. The summed E-state index contributed by atoms with van der Waals surface area (Å²) in [5.41, 5.74) is 0.344. The standard InChI is InChI=1S/C15H13F3N4O3/c1-8-11(13(24)21-14(25)20-8)6-12(23)22-19-7-9-3-2-4-10(5-9)15(16,17)18/h2-5,7H,6H2,1H3,(H,22,23)(H2,20,21,24,25)/b19-7-. The Labute approximate surface area is 138 Å². The summed E-state index contributed by atoms with van der Waals surface area (Å²) in [6.45, 7) is 1.46. The van der Waals surface area contributed by atoms with Crippen molar-refractivity contribution in [3.05, 3.63) is 67.5 Å². The summed E-state index contributed by atoms with van der Waals surface area (Å²) < 4.78 is 37.8. The van der Waals surface area contributed by atoms with Crippen molar-refractivity contribution in [3.8, 4) is 0 Å². The molecule has 1 amide bonds. The van der Waals surface area contributed by atoms with E-state index in [0.29, 0.717) is 0 Å². The quantitative estimate of drug-likeness (QED) is 0.565. The Morgan fingerprint density at radius 1 is 1.28 bits per heavy atom. The van der Waals surface area contributed by atoms with E-state index in [-0.39, 0.29) is 23.2 Å². The molecule has 10 heteroatoms. The lowest BCUT2D eigenvalue weighted by Gasteiger charge is -2.06. The molecule has 0 aliphatic rings. The maximum atomic E-state index is 12.6. The van der Waals surface area contributed by atoms with Crippen molar-refractivity contribution in [3.63, 3.8) is 0 Å². The number of hydrazone groups is 1. The maximum absolute atomic E-state index is 12.6. The highest BCUT2D eigenvalue weighted by molar-refractivity contribution is 5.83. The molecule has 1 heterocycles. The number of amides is 1. The number of halogens is 3. The number of carbonyl (C=O) groups excluding carboxylic acids is 1. The zero-order chi connectivity index (χ0) is 18.6. The lowest BCUT2D eigenvalue weighted by molar-refractivity contribution is -0.137. The van der Waals surface area contributed by atoms with Crippen molar-refractivity contribution in [2.75, 3.05) is 0 Å². The minimum absolute atomic E-state index is 0.0615. The van der Waals surface area contributed by atoms with Crippen molar-refractivity contribution >= 4 is 12.1 Å². The SMILES string of the molecule is Cc1[nH]c(=O)[nH]c(=O)c1CC(=O)N/N=C\c1cccc(C(F)(F)F)c1. The minimum Gasteiger partial charge on any atom is -0.311 e. The third kappa shape index (κ3) is 4.90. The fraction of sp³-hybridized carbons (Fsp3) is 0.200. The Bertz CT molecular complexity index is 929. The predicted molar refractivity (Wildman–Crippen MR) is 83.3 cm³/mol. The Morgan fingerprint density at radius 3 is 2.64 bits per heavy atom. The van der Waals surface area contributed by atoms with Gasteiger partial charge >= 0.3 is 11.9 Å². The summed E-state index contributed by atoms with van der Waals surface area (Å²) in [5.74, 6) is -0.663. The molecule has 3 N–H and O–H groups in total. The van der Waals surface area contributed by atoms with Crippen LogP contribution in [0.5, 0.6) is 0 Å². The second kappa shape index (κ2) is 7.16. The molecule has 0 bridgehead atoms. The number of hydrogen-bond donors (Lipinski definition) is 3. The summed E-state index contributed by atoms with van der Waals surface area (Å²) in [5, 5.41) is 3.56. The Kier molecular flexibility index (Phi) is 5.20. The molecule has 2 rings (SSSR count). The lowest BCUT2D eigenvalue weighted by Crippen LogP contribution is -2.30. The molecular weight excluding hydrogens is 341 g/mol. The highest BCUT2D eigenvalue weighted by atomic mass is 19.4. The molecule has 1 aromatic carbocycles. The number of aromatic amines is 2. The number of H-pyrrole nitrogens is 2. The van der Waals surface area contributed by atoms with Gasteiger partial charge in [0.2, 0.25) is 5.91 Å². The predicted octanol–water partition coefficient (Wildman–Crippen LogP) is 1.08. The van der Waals surface area contributed by atoms with Gasteiger partial charge in [-0.1, -0.05) is 12.1 Å². The van der Waals surface area contributed by atoms with Gasteiger partial charge in [0, 0.05) is 11.3 Å². The Morgan fingerprint density at radius 2 is 2.00 bits per heavy atom. The van der Waals surface area contributed by atoms with Gasteiger partial charge in [-0.3, -0.25) is 14.6 Å².